The van der Waals surface area contributed by atoms with E-state index >= 15 is 0 Å². The van der Waals surface area contributed by atoms with E-state index in [4.69, 9.17) is 12.6 Å². The average molecular weight is 293 g/mol. The minimum absolute atomic E-state index is 0.0710. The lowest BCUT2D eigenvalue weighted by molar-refractivity contribution is 0.0523. The SMILES string of the molecule is [B]c1cccc2c1CCC2n1cccc(C(=O)OCC)c1=O. The summed E-state index contributed by atoms with van der Waals surface area (Å²) in [6.45, 7) is 1.96. The van der Waals surface area contributed by atoms with Crippen molar-refractivity contribution in [2.75, 3.05) is 6.61 Å². The summed E-state index contributed by atoms with van der Waals surface area (Å²) < 4.78 is 6.55. The van der Waals surface area contributed by atoms with Gasteiger partial charge in [-0.15, -0.1) is 0 Å². The van der Waals surface area contributed by atoms with Crippen LogP contribution in [0.2, 0.25) is 0 Å². The van der Waals surface area contributed by atoms with Crippen molar-refractivity contribution in [3.05, 3.63) is 63.6 Å². The number of esters is 1. The summed E-state index contributed by atoms with van der Waals surface area (Å²) in [6.07, 6.45) is 3.35. The molecule has 0 saturated carbocycles. The van der Waals surface area contributed by atoms with Gasteiger partial charge in [0, 0.05) is 6.20 Å². The summed E-state index contributed by atoms with van der Waals surface area (Å²) in [4.78, 5) is 24.5. The minimum Gasteiger partial charge on any atom is -0.462 e. The monoisotopic (exact) mass is 293 g/mol. The lowest BCUT2D eigenvalue weighted by Gasteiger charge is -2.16. The first kappa shape index (κ1) is 14.6. The predicted octanol–water partition coefficient (Wildman–Crippen LogP) is 1.35. The first-order valence-corrected chi connectivity index (χ1v) is 7.39. The van der Waals surface area contributed by atoms with Gasteiger partial charge in [0.05, 0.1) is 12.6 Å². The largest absolute Gasteiger partial charge is 0.462 e. The highest BCUT2D eigenvalue weighted by molar-refractivity contribution is 6.33. The van der Waals surface area contributed by atoms with E-state index in [2.05, 4.69) is 0 Å². The number of benzene rings is 1. The second kappa shape index (κ2) is 5.83. The van der Waals surface area contributed by atoms with Gasteiger partial charge in [0.15, 0.2) is 0 Å². The van der Waals surface area contributed by atoms with Crippen LogP contribution in [0.1, 0.15) is 40.9 Å². The van der Waals surface area contributed by atoms with Crippen molar-refractivity contribution in [3.8, 4) is 0 Å². The smallest absolute Gasteiger partial charge is 0.343 e. The Kier molecular flexibility index (Phi) is 3.88. The van der Waals surface area contributed by atoms with Gasteiger partial charge in [-0.05, 0) is 43.0 Å². The highest BCUT2D eigenvalue weighted by Crippen LogP contribution is 2.32. The topological polar surface area (TPSA) is 48.3 Å². The molecule has 0 N–H and O–H groups in total. The molecule has 0 saturated heterocycles. The van der Waals surface area contributed by atoms with Crippen LogP contribution in [-0.2, 0) is 11.2 Å². The molecule has 1 aliphatic carbocycles. The van der Waals surface area contributed by atoms with Crippen LogP contribution in [0.25, 0.3) is 0 Å². The van der Waals surface area contributed by atoms with Gasteiger partial charge in [-0.3, -0.25) is 4.79 Å². The van der Waals surface area contributed by atoms with Crippen LogP contribution in [0.15, 0.2) is 41.3 Å². The highest BCUT2D eigenvalue weighted by atomic mass is 16.5. The van der Waals surface area contributed by atoms with Crippen molar-refractivity contribution in [2.45, 2.75) is 25.8 Å². The van der Waals surface area contributed by atoms with E-state index in [1.165, 1.54) is 6.07 Å². The third-order valence-electron chi connectivity index (χ3n) is 4.08. The van der Waals surface area contributed by atoms with Crippen LogP contribution in [0, 0.1) is 0 Å². The summed E-state index contributed by atoms with van der Waals surface area (Å²) in [5, 5.41) is 0. The molecule has 0 bridgehead atoms. The molecule has 1 heterocycles. The van der Waals surface area contributed by atoms with Gasteiger partial charge >= 0.3 is 5.97 Å². The molecule has 22 heavy (non-hydrogen) atoms. The molecule has 0 spiro atoms. The Hall–Kier alpha value is -2.30. The number of hydrogen-bond donors (Lipinski definition) is 0. The van der Waals surface area contributed by atoms with Gasteiger partial charge in [0.1, 0.15) is 13.4 Å². The number of carbonyl (C=O) groups is 1. The number of ether oxygens (including phenoxy) is 1. The summed E-state index contributed by atoms with van der Waals surface area (Å²) in [7, 11) is 6.01. The third kappa shape index (κ3) is 2.37. The van der Waals surface area contributed by atoms with Crippen LogP contribution in [0.4, 0.5) is 0 Å². The van der Waals surface area contributed by atoms with Crippen LogP contribution in [0.3, 0.4) is 0 Å². The molecule has 1 unspecified atom stereocenters. The summed E-state index contributed by atoms with van der Waals surface area (Å²) in [5.74, 6) is -0.576. The Labute approximate surface area is 130 Å². The average Bonchev–Trinajstić information content (AvgIpc) is 2.93. The standard InChI is InChI=1S/C17H16BNO3/c1-2-22-17(21)13-6-4-10-19(16(13)20)15-9-8-11-12(15)5-3-7-14(11)18/h3-7,10,15H,2,8-9H2,1H3. The van der Waals surface area contributed by atoms with E-state index in [9.17, 15) is 9.59 Å². The Morgan fingerprint density at radius 1 is 1.36 bits per heavy atom. The van der Waals surface area contributed by atoms with Gasteiger partial charge in [-0.2, -0.15) is 0 Å². The number of rotatable bonds is 3. The Morgan fingerprint density at radius 3 is 2.95 bits per heavy atom. The molecule has 1 aliphatic rings. The van der Waals surface area contributed by atoms with Gasteiger partial charge in [0.2, 0.25) is 0 Å². The van der Waals surface area contributed by atoms with Gasteiger partial charge < -0.3 is 9.30 Å². The first-order chi connectivity index (χ1) is 10.6. The molecule has 1 aromatic heterocycles. The number of hydrogen-bond acceptors (Lipinski definition) is 3. The van der Waals surface area contributed by atoms with E-state index in [-0.39, 0.29) is 23.8 Å². The van der Waals surface area contributed by atoms with Crippen molar-refractivity contribution >= 4 is 19.3 Å². The lowest BCUT2D eigenvalue weighted by atomic mass is 9.88. The molecular formula is C17H16BNO3. The predicted molar refractivity (Wildman–Crippen MR) is 84.9 cm³/mol. The van der Waals surface area contributed by atoms with Gasteiger partial charge in [-0.25, -0.2) is 4.79 Å². The third-order valence-corrected chi connectivity index (χ3v) is 4.08. The molecule has 4 nitrogen and oxygen atoms in total. The maximum absolute atomic E-state index is 12.6. The molecule has 1 aromatic carbocycles. The molecule has 5 heteroatoms. The number of pyridine rings is 1. The summed E-state index contributed by atoms with van der Waals surface area (Å²) >= 11 is 0. The molecule has 0 aliphatic heterocycles. The van der Waals surface area contributed by atoms with E-state index in [1.807, 2.05) is 18.2 Å². The number of nitrogens with zero attached hydrogens (tertiary/aromatic N) is 1. The van der Waals surface area contributed by atoms with E-state index in [1.54, 1.807) is 23.8 Å². The maximum Gasteiger partial charge on any atom is 0.343 e. The fourth-order valence-corrected chi connectivity index (χ4v) is 3.07. The first-order valence-electron chi connectivity index (χ1n) is 7.39. The Bertz CT molecular complexity index is 782. The second-order valence-corrected chi connectivity index (χ2v) is 5.32. The molecule has 0 fully saturated rings. The number of carbonyl (C=O) groups excluding carboxylic acids is 1. The highest BCUT2D eigenvalue weighted by Gasteiger charge is 2.26. The van der Waals surface area contributed by atoms with Crippen LogP contribution in [0.5, 0.6) is 0 Å². The zero-order valence-corrected chi connectivity index (χ0v) is 12.4. The molecular weight excluding hydrogens is 277 g/mol. The van der Waals surface area contributed by atoms with E-state index < -0.39 is 5.97 Å². The summed E-state index contributed by atoms with van der Waals surface area (Å²) in [5.41, 5.74) is 2.67. The molecule has 2 aromatic rings. The second-order valence-electron chi connectivity index (χ2n) is 5.32. The number of aromatic nitrogens is 1. The van der Waals surface area contributed by atoms with Gasteiger partial charge in [0.25, 0.3) is 5.56 Å². The normalized spacial score (nSPS) is 16.3. The van der Waals surface area contributed by atoms with Crippen molar-refractivity contribution in [1.29, 1.82) is 0 Å². The lowest BCUT2D eigenvalue weighted by Crippen LogP contribution is -2.29. The van der Waals surface area contributed by atoms with E-state index in [0.29, 0.717) is 0 Å². The van der Waals surface area contributed by atoms with Crippen molar-refractivity contribution in [2.24, 2.45) is 0 Å². The molecule has 3 rings (SSSR count). The van der Waals surface area contributed by atoms with Crippen molar-refractivity contribution in [1.82, 2.24) is 4.57 Å². The summed E-state index contributed by atoms with van der Waals surface area (Å²) in [6, 6.07) is 8.89. The molecule has 0 amide bonds. The fraction of sp³-hybridized carbons (Fsp3) is 0.294. The maximum atomic E-state index is 12.6. The molecule has 1 atom stereocenters. The van der Waals surface area contributed by atoms with E-state index in [0.717, 1.165) is 29.4 Å². The van der Waals surface area contributed by atoms with Crippen molar-refractivity contribution in [3.63, 3.8) is 0 Å². The zero-order chi connectivity index (χ0) is 15.7. The molecule has 2 radical (unpaired) electrons. The minimum atomic E-state index is -0.576. The van der Waals surface area contributed by atoms with Gasteiger partial charge in [-0.1, -0.05) is 23.7 Å². The van der Waals surface area contributed by atoms with Crippen molar-refractivity contribution < 1.29 is 9.53 Å². The Balaban J connectivity index is 2.05. The number of fused-ring (bicyclic) bond motifs is 1. The van der Waals surface area contributed by atoms with Crippen LogP contribution >= 0.6 is 0 Å². The zero-order valence-electron chi connectivity index (χ0n) is 12.4. The molecule has 110 valence electrons. The van der Waals surface area contributed by atoms with Crippen LogP contribution < -0.4 is 11.0 Å². The Morgan fingerprint density at radius 2 is 2.18 bits per heavy atom. The fourth-order valence-electron chi connectivity index (χ4n) is 3.07. The van der Waals surface area contributed by atoms with Crippen LogP contribution in [-0.4, -0.2) is 25.0 Å². The quantitative estimate of drug-likeness (QED) is 0.634.